The van der Waals surface area contributed by atoms with Crippen molar-refractivity contribution in [2.24, 2.45) is 0 Å². The highest BCUT2D eigenvalue weighted by atomic mass is 35.5. The summed E-state index contributed by atoms with van der Waals surface area (Å²) in [5.74, 6) is -0.159. The number of carbonyl (C=O) groups is 2. The summed E-state index contributed by atoms with van der Waals surface area (Å²) in [4.78, 5) is 27.4. The summed E-state index contributed by atoms with van der Waals surface area (Å²) in [5, 5.41) is 5.68. The highest BCUT2D eigenvalue weighted by Gasteiger charge is 2.13. The average Bonchev–Trinajstić information content (AvgIpc) is 2.56. The molecule has 2 N–H and O–H groups in total. The number of nitrogens with one attached hydrogen (secondary N) is 2. The Morgan fingerprint density at radius 3 is 2.50 bits per heavy atom. The molecule has 1 aromatic heterocycles. The van der Waals surface area contributed by atoms with Crippen LogP contribution in [0.15, 0.2) is 36.4 Å². The average molecular weight is 368 g/mol. The number of pyridine rings is 1. The largest absolute Gasteiger partial charge is 0.484 e. The van der Waals surface area contributed by atoms with E-state index in [0.29, 0.717) is 18.0 Å². The van der Waals surface area contributed by atoms with Crippen LogP contribution in [-0.2, 0) is 4.79 Å². The minimum atomic E-state index is -0.474. The molecular weight excluding hydrogens is 353 g/mol. The molecule has 0 spiro atoms. The number of benzene rings is 1. The normalized spacial score (nSPS) is 10.1. The van der Waals surface area contributed by atoms with Crippen molar-refractivity contribution in [2.45, 2.75) is 6.92 Å². The molecule has 1 heterocycles. The lowest BCUT2D eigenvalue weighted by Gasteiger charge is -2.09. The van der Waals surface area contributed by atoms with Crippen LogP contribution in [-0.4, -0.2) is 29.9 Å². The second-order valence-corrected chi connectivity index (χ2v) is 5.48. The standard InChI is InChI=1S/C16H15Cl2N3O3/c1-2-19-14(22)9-24-11-5-3-10(4-6-11)20-16(23)15-12(17)7-8-13(18)21-15/h3-8H,2,9H2,1H3,(H,19,22)(H,20,23). The van der Waals surface area contributed by atoms with Gasteiger partial charge in [-0.1, -0.05) is 23.2 Å². The second-order valence-electron chi connectivity index (χ2n) is 4.69. The van der Waals surface area contributed by atoms with Crippen LogP contribution in [0, 0.1) is 0 Å². The molecule has 0 radical (unpaired) electrons. The molecule has 0 unspecified atom stereocenters. The van der Waals surface area contributed by atoms with Crippen molar-refractivity contribution in [1.29, 1.82) is 0 Å². The Bertz CT molecular complexity index is 736. The molecule has 1 aromatic carbocycles. The lowest BCUT2D eigenvalue weighted by Crippen LogP contribution is -2.28. The molecule has 0 saturated heterocycles. The third-order valence-electron chi connectivity index (χ3n) is 2.88. The van der Waals surface area contributed by atoms with E-state index < -0.39 is 5.91 Å². The Morgan fingerprint density at radius 1 is 1.12 bits per heavy atom. The molecule has 24 heavy (non-hydrogen) atoms. The molecule has 126 valence electrons. The molecule has 0 fully saturated rings. The van der Waals surface area contributed by atoms with Gasteiger partial charge in [-0.3, -0.25) is 9.59 Å². The molecule has 8 heteroatoms. The van der Waals surface area contributed by atoms with Crippen molar-refractivity contribution >= 4 is 40.7 Å². The van der Waals surface area contributed by atoms with E-state index in [1.165, 1.54) is 12.1 Å². The van der Waals surface area contributed by atoms with Gasteiger partial charge in [0.05, 0.1) is 5.02 Å². The van der Waals surface area contributed by atoms with Gasteiger partial charge in [0.2, 0.25) is 0 Å². The zero-order chi connectivity index (χ0) is 17.5. The first kappa shape index (κ1) is 18.0. The summed E-state index contributed by atoms with van der Waals surface area (Å²) >= 11 is 11.7. The summed E-state index contributed by atoms with van der Waals surface area (Å²) in [6, 6.07) is 9.57. The summed E-state index contributed by atoms with van der Waals surface area (Å²) in [6.45, 7) is 2.31. The minimum absolute atomic E-state index is 0.0423. The van der Waals surface area contributed by atoms with Crippen LogP contribution in [0.2, 0.25) is 10.2 Å². The highest BCUT2D eigenvalue weighted by molar-refractivity contribution is 6.35. The van der Waals surface area contributed by atoms with Crippen LogP contribution in [0.1, 0.15) is 17.4 Å². The van der Waals surface area contributed by atoms with Crippen LogP contribution >= 0.6 is 23.2 Å². The topological polar surface area (TPSA) is 80.3 Å². The van der Waals surface area contributed by atoms with Crippen LogP contribution in [0.5, 0.6) is 5.75 Å². The number of rotatable bonds is 6. The number of hydrogen-bond donors (Lipinski definition) is 2. The van der Waals surface area contributed by atoms with Crippen molar-refractivity contribution in [1.82, 2.24) is 10.3 Å². The van der Waals surface area contributed by atoms with E-state index in [2.05, 4.69) is 15.6 Å². The fourth-order valence-corrected chi connectivity index (χ4v) is 2.14. The maximum Gasteiger partial charge on any atom is 0.275 e. The molecule has 0 aliphatic heterocycles. The van der Waals surface area contributed by atoms with Gasteiger partial charge in [-0.25, -0.2) is 4.98 Å². The number of aromatic nitrogens is 1. The third kappa shape index (κ3) is 5.11. The van der Waals surface area contributed by atoms with Crippen LogP contribution < -0.4 is 15.4 Å². The van der Waals surface area contributed by atoms with Gasteiger partial charge in [-0.05, 0) is 43.3 Å². The fraction of sp³-hybridized carbons (Fsp3) is 0.188. The van der Waals surface area contributed by atoms with Gasteiger partial charge >= 0.3 is 0 Å². The Morgan fingerprint density at radius 2 is 1.83 bits per heavy atom. The van der Waals surface area contributed by atoms with E-state index >= 15 is 0 Å². The Kier molecular flexibility index (Phi) is 6.40. The number of nitrogens with zero attached hydrogens (tertiary/aromatic N) is 1. The number of ether oxygens (including phenoxy) is 1. The molecule has 0 aliphatic rings. The summed E-state index contributed by atoms with van der Waals surface area (Å²) < 4.78 is 5.32. The number of anilines is 1. The van der Waals surface area contributed by atoms with Gasteiger partial charge in [-0.2, -0.15) is 0 Å². The molecule has 2 amide bonds. The fourth-order valence-electron chi connectivity index (χ4n) is 1.80. The lowest BCUT2D eigenvalue weighted by atomic mass is 10.2. The first-order chi connectivity index (χ1) is 11.5. The second kappa shape index (κ2) is 8.52. The van der Waals surface area contributed by atoms with Gasteiger partial charge < -0.3 is 15.4 Å². The zero-order valence-corrected chi connectivity index (χ0v) is 14.3. The quantitative estimate of drug-likeness (QED) is 0.768. The molecule has 0 aliphatic carbocycles. The van der Waals surface area contributed by atoms with Crippen LogP contribution in [0.4, 0.5) is 5.69 Å². The minimum Gasteiger partial charge on any atom is -0.484 e. The number of likely N-dealkylation sites (N-methyl/N-ethyl adjacent to an activating group) is 1. The molecule has 6 nitrogen and oxygen atoms in total. The van der Waals surface area contributed by atoms with E-state index in [4.69, 9.17) is 27.9 Å². The first-order valence-electron chi connectivity index (χ1n) is 7.12. The summed E-state index contributed by atoms with van der Waals surface area (Å²) in [6.07, 6.45) is 0. The molecular formula is C16H15Cl2N3O3. The maximum atomic E-state index is 12.2. The van der Waals surface area contributed by atoms with Crippen LogP contribution in [0.25, 0.3) is 0 Å². The summed E-state index contributed by atoms with van der Waals surface area (Å²) in [7, 11) is 0. The van der Waals surface area contributed by atoms with E-state index in [0.717, 1.165) is 0 Å². The SMILES string of the molecule is CCNC(=O)COc1ccc(NC(=O)c2nc(Cl)ccc2Cl)cc1. The van der Waals surface area contributed by atoms with Crippen molar-refractivity contribution in [3.63, 3.8) is 0 Å². The van der Waals surface area contributed by atoms with E-state index in [1.807, 2.05) is 6.92 Å². The Labute approximate surface area is 149 Å². The van der Waals surface area contributed by atoms with Gasteiger partial charge in [0.1, 0.15) is 16.6 Å². The van der Waals surface area contributed by atoms with Crippen molar-refractivity contribution in [2.75, 3.05) is 18.5 Å². The van der Waals surface area contributed by atoms with Crippen LogP contribution in [0.3, 0.4) is 0 Å². The number of amides is 2. The van der Waals surface area contributed by atoms with E-state index in [9.17, 15) is 9.59 Å². The van der Waals surface area contributed by atoms with Crippen molar-refractivity contribution in [3.05, 3.63) is 52.3 Å². The molecule has 2 aromatic rings. The number of hydrogen-bond acceptors (Lipinski definition) is 4. The molecule has 2 rings (SSSR count). The summed E-state index contributed by atoms with van der Waals surface area (Å²) in [5.41, 5.74) is 0.573. The maximum absolute atomic E-state index is 12.2. The zero-order valence-electron chi connectivity index (χ0n) is 12.8. The molecule has 0 atom stereocenters. The third-order valence-corrected chi connectivity index (χ3v) is 3.40. The number of halogens is 2. The highest BCUT2D eigenvalue weighted by Crippen LogP contribution is 2.20. The smallest absolute Gasteiger partial charge is 0.275 e. The van der Waals surface area contributed by atoms with Gasteiger partial charge in [-0.15, -0.1) is 0 Å². The van der Waals surface area contributed by atoms with Gasteiger partial charge in [0.25, 0.3) is 11.8 Å². The Balaban J connectivity index is 1.97. The number of carbonyl (C=O) groups excluding carboxylic acids is 2. The van der Waals surface area contributed by atoms with Gasteiger partial charge in [0.15, 0.2) is 6.61 Å². The van der Waals surface area contributed by atoms with Crippen molar-refractivity contribution in [3.8, 4) is 5.75 Å². The Hall–Kier alpha value is -2.31. The monoisotopic (exact) mass is 367 g/mol. The molecule has 0 bridgehead atoms. The molecule has 0 saturated carbocycles. The predicted octanol–water partition coefficient (Wildman–Crippen LogP) is 3.16. The van der Waals surface area contributed by atoms with E-state index in [-0.39, 0.29) is 28.4 Å². The first-order valence-corrected chi connectivity index (χ1v) is 7.88. The predicted molar refractivity (Wildman–Crippen MR) is 92.8 cm³/mol. The lowest BCUT2D eigenvalue weighted by molar-refractivity contribution is -0.122. The van der Waals surface area contributed by atoms with Gasteiger partial charge in [0, 0.05) is 12.2 Å². The van der Waals surface area contributed by atoms with E-state index in [1.54, 1.807) is 24.3 Å². The van der Waals surface area contributed by atoms with Crippen molar-refractivity contribution < 1.29 is 14.3 Å².